The summed E-state index contributed by atoms with van der Waals surface area (Å²) in [5, 5.41) is 0. The van der Waals surface area contributed by atoms with Gasteiger partial charge in [0.2, 0.25) is 0 Å². The quantitative estimate of drug-likeness (QED) is 0.653. The average Bonchev–Trinajstić information content (AvgIpc) is 2.53. The molecule has 6 heteroatoms. The van der Waals surface area contributed by atoms with Crippen molar-refractivity contribution in [2.24, 2.45) is 0 Å². The van der Waals surface area contributed by atoms with E-state index in [1.807, 2.05) is 0 Å². The number of rotatable bonds is 7. The molecule has 2 aromatic rings. The van der Waals surface area contributed by atoms with Crippen LogP contribution in [0.25, 0.3) is 0 Å². The van der Waals surface area contributed by atoms with Gasteiger partial charge in [-0.05, 0) is 42.3 Å². The van der Waals surface area contributed by atoms with Gasteiger partial charge in [0.15, 0.2) is 0 Å². The highest BCUT2D eigenvalue weighted by molar-refractivity contribution is 5.30. The molecule has 2 aromatic carbocycles. The van der Waals surface area contributed by atoms with Crippen LogP contribution in [-0.4, -0.2) is 19.4 Å². The first-order chi connectivity index (χ1) is 11.4. The lowest BCUT2D eigenvalue weighted by Gasteiger charge is -2.21. The molecule has 24 heavy (non-hydrogen) atoms. The highest BCUT2D eigenvalue weighted by atomic mass is 19.4. The van der Waals surface area contributed by atoms with Gasteiger partial charge in [-0.3, -0.25) is 0 Å². The summed E-state index contributed by atoms with van der Waals surface area (Å²) in [6.45, 7) is 1.73. The topological polar surface area (TPSA) is 18.5 Å². The Hall–Kier alpha value is -2.08. The Morgan fingerprint density at radius 2 is 1.58 bits per heavy atom. The molecule has 130 valence electrons. The summed E-state index contributed by atoms with van der Waals surface area (Å²) in [6.07, 6.45) is -4.42. The number of hydrogen-bond acceptors (Lipinski definition) is 2. The van der Waals surface area contributed by atoms with Crippen LogP contribution < -0.4 is 4.74 Å². The van der Waals surface area contributed by atoms with Crippen molar-refractivity contribution in [3.8, 4) is 5.75 Å². The molecule has 0 aliphatic heterocycles. The molecule has 0 spiro atoms. The Labute approximate surface area is 138 Å². The zero-order valence-corrected chi connectivity index (χ0v) is 13.1. The zero-order chi connectivity index (χ0) is 17.6. The minimum absolute atomic E-state index is 0.0100. The standard InChI is InChI=1S/C18H18F4O2/c1-2-24-16-9-5-14(6-10-16)17(18(20,21)22)12-23-11-13-3-7-15(19)8-4-13/h3-10,17H,2,11-12H2,1H3. The molecule has 0 saturated heterocycles. The monoisotopic (exact) mass is 342 g/mol. The van der Waals surface area contributed by atoms with Crippen molar-refractivity contribution in [3.63, 3.8) is 0 Å². The van der Waals surface area contributed by atoms with Crippen molar-refractivity contribution in [2.45, 2.75) is 25.6 Å². The maximum Gasteiger partial charge on any atom is 0.397 e. The zero-order valence-electron chi connectivity index (χ0n) is 13.1. The van der Waals surface area contributed by atoms with Gasteiger partial charge in [0.1, 0.15) is 17.5 Å². The number of ether oxygens (including phenoxy) is 2. The maximum atomic E-state index is 13.3. The summed E-state index contributed by atoms with van der Waals surface area (Å²) in [6, 6.07) is 11.3. The molecule has 0 fully saturated rings. The summed E-state index contributed by atoms with van der Waals surface area (Å²) in [5.74, 6) is -1.61. The lowest BCUT2D eigenvalue weighted by atomic mass is 9.99. The van der Waals surface area contributed by atoms with Gasteiger partial charge in [-0.1, -0.05) is 24.3 Å². The molecule has 2 nitrogen and oxygen atoms in total. The fourth-order valence-corrected chi connectivity index (χ4v) is 2.22. The van der Waals surface area contributed by atoms with Crippen molar-refractivity contribution < 1.29 is 27.0 Å². The highest BCUT2D eigenvalue weighted by Gasteiger charge is 2.40. The van der Waals surface area contributed by atoms with E-state index in [2.05, 4.69) is 0 Å². The minimum Gasteiger partial charge on any atom is -0.494 e. The van der Waals surface area contributed by atoms with Gasteiger partial charge in [0.05, 0.1) is 19.8 Å². The van der Waals surface area contributed by atoms with Crippen LogP contribution >= 0.6 is 0 Å². The molecule has 1 unspecified atom stereocenters. The van der Waals surface area contributed by atoms with Crippen LogP contribution in [0.1, 0.15) is 24.0 Å². The highest BCUT2D eigenvalue weighted by Crippen LogP contribution is 2.35. The smallest absolute Gasteiger partial charge is 0.397 e. The van der Waals surface area contributed by atoms with Gasteiger partial charge in [-0.2, -0.15) is 13.2 Å². The van der Waals surface area contributed by atoms with E-state index < -0.39 is 24.5 Å². The number of alkyl halides is 3. The van der Waals surface area contributed by atoms with Crippen LogP contribution in [0.3, 0.4) is 0 Å². The van der Waals surface area contributed by atoms with E-state index in [0.717, 1.165) is 0 Å². The van der Waals surface area contributed by atoms with E-state index in [9.17, 15) is 17.6 Å². The van der Waals surface area contributed by atoms with Crippen molar-refractivity contribution in [2.75, 3.05) is 13.2 Å². The first kappa shape index (κ1) is 18.3. The second-order valence-electron chi connectivity index (χ2n) is 5.24. The fourth-order valence-electron chi connectivity index (χ4n) is 2.22. The Balaban J connectivity index is 2.01. The number of halogens is 4. The normalized spacial score (nSPS) is 12.9. The van der Waals surface area contributed by atoms with Crippen LogP contribution in [0.15, 0.2) is 48.5 Å². The molecular formula is C18H18F4O2. The summed E-state index contributed by atoms with van der Waals surface area (Å²) in [7, 11) is 0. The fraction of sp³-hybridized carbons (Fsp3) is 0.333. The predicted molar refractivity (Wildman–Crippen MR) is 82.5 cm³/mol. The van der Waals surface area contributed by atoms with Crippen molar-refractivity contribution in [1.29, 1.82) is 0 Å². The summed E-state index contributed by atoms with van der Waals surface area (Å²) in [5.41, 5.74) is 0.731. The van der Waals surface area contributed by atoms with E-state index in [4.69, 9.17) is 9.47 Å². The van der Waals surface area contributed by atoms with Crippen LogP contribution in [0.5, 0.6) is 5.75 Å². The Kier molecular flexibility index (Phi) is 6.20. The van der Waals surface area contributed by atoms with Crippen molar-refractivity contribution >= 4 is 0 Å². The van der Waals surface area contributed by atoms with Crippen molar-refractivity contribution in [3.05, 3.63) is 65.5 Å². The molecule has 0 bridgehead atoms. The SMILES string of the molecule is CCOc1ccc(C(COCc2ccc(F)cc2)C(F)(F)F)cc1. The molecule has 0 radical (unpaired) electrons. The maximum absolute atomic E-state index is 13.3. The second kappa shape index (κ2) is 8.15. The first-order valence-corrected chi connectivity index (χ1v) is 7.52. The first-order valence-electron chi connectivity index (χ1n) is 7.52. The Morgan fingerprint density at radius 1 is 0.958 bits per heavy atom. The van der Waals surface area contributed by atoms with Gasteiger partial charge < -0.3 is 9.47 Å². The van der Waals surface area contributed by atoms with E-state index in [1.165, 1.54) is 48.5 Å². The summed E-state index contributed by atoms with van der Waals surface area (Å²) in [4.78, 5) is 0. The van der Waals surface area contributed by atoms with E-state index in [-0.39, 0.29) is 12.2 Å². The van der Waals surface area contributed by atoms with Crippen LogP contribution in [0.2, 0.25) is 0 Å². The third kappa shape index (κ3) is 5.23. The average molecular weight is 342 g/mol. The lowest BCUT2D eigenvalue weighted by Crippen LogP contribution is -2.25. The van der Waals surface area contributed by atoms with E-state index >= 15 is 0 Å². The largest absolute Gasteiger partial charge is 0.494 e. The van der Waals surface area contributed by atoms with Gasteiger partial charge in [0.25, 0.3) is 0 Å². The van der Waals surface area contributed by atoms with E-state index in [0.29, 0.717) is 17.9 Å². The molecule has 1 atom stereocenters. The predicted octanol–water partition coefficient (Wildman–Crippen LogP) is 5.09. The van der Waals surface area contributed by atoms with Gasteiger partial charge in [0, 0.05) is 0 Å². The number of hydrogen-bond donors (Lipinski definition) is 0. The summed E-state index contributed by atoms with van der Waals surface area (Å²) < 4.78 is 63.1. The molecule has 0 aliphatic rings. The van der Waals surface area contributed by atoms with Gasteiger partial charge in [-0.25, -0.2) is 4.39 Å². The molecule has 0 aromatic heterocycles. The third-order valence-corrected chi connectivity index (χ3v) is 3.46. The van der Waals surface area contributed by atoms with Crippen LogP contribution in [-0.2, 0) is 11.3 Å². The third-order valence-electron chi connectivity index (χ3n) is 3.46. The minimum atomic E-state index is -4.42. The summed E-state index contributed by atoms with van der Waals surface area (Å²) >= 11 is 0. The van der Waals surface area contributed by atoms with Crippen molar-refractivity contribution in [1.82, 2.24) is 0 Å². The van der Waals surface area contributed by atoms with Crippen LogP contribution in [0.4, 0.5) is 17.6 Å². The molecule has 2 rings (SSSR count). The van der Waals surface area contributed by atoms with Crippen LogP contribution in [0, 0.1) is 5.82 Å². The molecule has 0 heterocycles. The number of benzene rings is 2. The van der Waals surface area contributed by atoms with Gasteiger partial charge >= 0.3 is 6.18 Å². The lowest BCUT2D eigenvalue weighted by molar-refractivity contribution is -0.163. The Morgan fingerprint density at radius 3 is 2.12 bits per heavy atom. The second-order valence-corrected chi connectivity index (χ2v) is 5.24. The molecule has 0 amide bonds. The van der Waals surface area contributed by atoms with E-state index in [1.54, 1.807) is 6.92 Å². The van der Waals surface area contributed by atoms with Gasteiger partial charge in [-0.15, -0.1) is 0 Å². The molecule has 0 saturated carbocycles. The molecular weight excluding hydrogens is 324 g/mol. The Bertz CT molecular complexity index is 621. The molecule has 0 aliphatic carbocycles. The molecule has 0 N–H and O–H groups in total.